The van der Waals surface area contributed by atoms with Gasteiger partial charge < -0.3 is 14.8 Å². The molecular formula is C24H35NO2. The summed E-state index contributed by atoms with van der Waals surface area (Å²) in [4.78, 5) is 0. The third kappa shape index (κ3) is 8.38. The third-order valence-electron chi connectivity index (χ3n) is 4.57. The van der Waals surface area contributed by atoms with E-state index in [1.165, 1.54) is 31.2 Å². The smallest absolute Gasteiger partial charge is 0.142 e. The fourth-order valence-electron chi connectivity index (χ4n) is 2.86. The summed E-state index contributed by atoms with van der Waals surface area (Å²) in [7, 11) is 0. The molecule has 0 saturated carbocycles. The first-order valence-electron chi connectivity index (χ1n) is 10.5. The number of hydrogen-bond donors (Lipinski definition) is 1. The lowest BCUT2D eigenvalue weighted by molar-refractivity contribution is 0.304. The molecule has 2 rings (SSSR count). The van der Waals surface area contributed by atoms with Crippen molar-refractivity contribution in [3.63, 3.8) is 0 Å². The number of para-hydroxylation sites is 2. The van der Waals surface area contributed by atoms with Crippen LogP contribution >= 0.6 is 0 Å². The van der Waals surface area contributed by atoms with Gasteiger partial charge in [0.1, 0.15) is 11.5 Å². The minimum absolute atomic E-state index is 0.764. The molecule has 3 nitrogen and oxygen atoms in total. The summed E-state index contributed by atoms with van der Waals surface area (Å²) >= 11 is 0. The molecule has 0 aliphatic heterocycles. The van der Waals surface area contributed by atoms with Gasteiger partial charge in [0.05, 0.1) is 18.9 Å². The monoisotopic (exact) mass is 369 g/mol. The van der Waals surface area contributed by atoms with Gasteiger partial charge in [0.15, 0.2) is 0 Å². The van der Waals surface area contributed by atoms with Crippen molar-refractivity contribution < 1.29 is 9.47 Å². The van der Waals surface area contributed by atoms with E-state index in [-0.39, 0.29) is 0 Å². The largest absolute Gasteiger partial charge is 0.494 e. The Morgan fingerprint density at radius 1 is 0.704 bits per heavy atom. The zero-order valence-electron chi connectivity index (χ0n) is 17.0. The van der Waals surface area contributed by atoms with E-state index in [1.807, 2.05) is 18.2 Å². The number of hydrogen-bond acceptors (Lipinski definition) is 3. The molecule has 0 aromatic heterocycles. The van der Waals surface area contributed by atoms with Crippen LogP contribution < -0.4 is 14.8 Å². The molecule has 0 unspecified atom stereocenters. The normalized spacial score (nSPS) is 10.6. The first kappa shape index (κ1) is 21.1. The number of anilines is 1. The highest BCUT2D eigenvalue weighted by Gasteiger charge is 2.03. The highest BCUT2D eigenvalue weighted by Crippen LogP contribution is 2.25. The maximum Gasteiger partial charge on any atom is 0.142 e. The minimum atomic E-state index is 0.764. The van der Waals surface area contributed by atoms with Crippen molar-refractivity contribution in [2.24, 2.45) is 0 Å². The van der Waals surface area contributed by atoms with Crippen LogP contribution in [0.1, 0.15) is 64.4 Å². The van der Waals surface area contributed by atoms with Crippen LogP contribution in [0.3, 0.4) is 0 Å². The van der Waals surface area contributed by atoms with Crippen molar-refractivity contribution in [1.29, 1.82) is 0 Å². The Morgan fingerprint density at radius 2 is 1.41 bits per heavy atom. The average molecular weight is 370 g/mol. The molecule has 27 heavy (non-hydrogen) atoms. The van der Waals surface area contributed by atoms with Crippen LogP contribution in [-0.4, -0.2) is 13.2 Å². The van der Waals surface area contributed by atoms with Crippen molar-refractivity contribution in [1.82, 2.24) is 0 Å². The number of benzene rings is 2. The second kappa shape index (κ2) is 13.1. The fourth-order valence-corrected chi connectivity index (χ4v) is 2.86. The van der Waals surface area contributed by atoms with Crippen LogP contribution in [0.5, 0.6) is 11.5 Å². The predicted molar refractivity (Wildman–Crippen MR) is 115 cm³/mol. The van der Waals surface area contributed by atoms with E-state index in [4.69, 9.17) is 9.47 Å². The van der Waals surface area contributed by atoms with Crippen LogP contribution in [0, 0.1) is 0 Å². The molecule has 0 aliphatic rings. The van der Waals surface area contributed by atoms with Gasteiger partial charge in [-0.15, -0.1) is 0 Å². The quantitative estimate of drug-likeness (QED) is 0.370. The van der Waals surface area contributed by atoms with E-state index in [1.54, 1.807) is 0 Å². The van der Waals surface area contributed by atoms with Crippen LogP contribution in [0.4, 0.5) is 5.69 Å². The predicted octanol–water partition coefficient (Wildman–Crippen LogP) is 6.83. The fraction of sp³-hybridized carbons (Fsp3) is 0.500. The van der Waals surface area contributed by atoms with Gasteiger partial charge in [0, 0.05) is 6.54 Å². The van der Waals surface area contributed by atoms with Crippen molar-refractivity contribution >= 4 is 5.69 Å². The van der Waals surface area contributed by atoms with E-state index in [9.17, 15) is 0 Å². The second-order valence-corrected chi connectivity index (χ2v) is 6.96. The highest BCUT2D eigenvalue weighted by molar-refractivity contribution is 5.56. The van der Waals surface area contributed by atoms with Gasteiger partial charge in [0.25, 0.3) is 0 Å². The molecule has 1 N–H and O–H groups in total. The van der Waals surface area contributed by atoms with Gasteiger partial charge in [-0.1, -0.05) is 70.2 Å². The minimum Gasteiger partial charge on any atom is -0.494 e. The second-order valence-electron chi connectivity index (χ2n) is 6.96. The van der Waals surface area contributed by atoms with Crippen LogP contribution in [-0.2, 0) is 6.54 Å². The molecule has 0 radical (unpaired) electrons. The molecule has 3 heteroatoms. The summed E-state index contributed by atoms with van der Waals surface area (Å²) in [5, 5.41) is 3.48. The first-order chi connectivity index (χ1) is 13.3. The Hall–Kier alpha value is -2.16. The lowest BCUT2D eigenvalue weighted by Gasteiger charge is -2.13. The van der Waals surface area contributed by atoms with E-state index in [0.717, 1.165) is 56.2 Å². The molecular weight excluding hydrogens is 334 g/mol. The molecule has 0 saturated heterocycles. The maximum absolute atomic E-state index is 5.88. The maximum atomic E-state index is 5.88. The summed E-state index contributed by atoms with van der Waals surface area (Å²) in [6, 6.07) is 16.5. The van der Waals surface area contributed by atoms with Crippen molar-refractivity contribution in [2.45, 2.75) is 65.3 Å². The Bertz CT molecular complexity index is 625. The van der Waals surface area contributed by atoms with Crippen molar-refractivity contribution in [3.8, 4) is 11.5 Å². The van der Waals surface area contributed by atoms with E-state index >= 15 is 0 Å². The Kier molecular flexibility index (Phi) is 10.2. The average Bonchev–Trinajstić information content (AvgIpc) is 2.71. The molecule has 0 atom stereocenters. The van der Waals surface area contributed by atoms with Crippen LogP contribution in [0.2, 0.25) is 0 Å². The Balaban J connectivity index is 1.75. The van der Waals surface area contributed by atoms with Gasteiger partial charge in [-0.05, 0) is 42.7 Å². The van der Waals surface area contributed by atoms with Gasteiger partial charge in [-0.25, -0.2) is 0 Å². The molecule has 0 bridgehead atoms. The molecule has 2 aromatic rings. The Morgan fingerprint density at radius 3 is 2.19 bits per heavy atom. The molecule has 0 aliphatic carbocycles. The van der Waals surface area contributed by atoms with E-state index in [2.05, 4.69) is 49.5 Å². The number of nitrogens with one attached hydrogen (secondary N) is 1. The Labute approximate surface area is 165 Å². The lowest BCUT2D eigenvalue weighted by atomic mass is 10.2. The van der Waals surface area contributed by atoms with Crippen LogP contribution in [0.15, 0.2) is 48.5 Å². The van der Waals surface area contributed by atoms with E-state index in [0.29, 0.717) is 0 Å². The van der Waals surface area contributed by atoms with Crippen LogP contribution in [0.25, 0.3) is 0 Å². The van der Waals surface area contributed by atoms with E-state index < -0.39 is 0 Å². The summed E-state index contributed by atoms with van der Waals surface area (Å²) in [5.74, 6) is 1.88. The zero-order chi connectivity index (χ0) is 19.2. The topological polar surface area (TPSA) is 30.5 Å². The van der Waals surface area contributed by atoms with Gasteiger partial charge in [-0.3, -0.25) is 0 Å². The number of rotatable bonds is 14. The molecule has 148 valence electrons. The number of unbranched alkanes of at least 4 members (excludes halogenated alkanes) is 5. The third-order valence-corrected chi connectivity index (χ3v) is 4.57. The van der Waals surface area contributed by atoms with Gasteiger partial charge in [0.2, 0.25) is 0 Å². The number of ether oxygens (including phenoxy) is 2. The summed E-state index contributed by atoms with van der Waals surface area (Å²) < 4.78 is 11.7. The standard InChI is InChI=1S/C24H35NO2/c1-3-5-7-8-11-19-26-22-16-14-21(15-17-22)20-25-23-12-9-10-13-24(23)27-18-6-4-2/h9-10,12-17,25H,3-8,11,18-20H2,1-2H3. The molecule has 0 fully saturated rings. The first-order valence-corrected chi connectivity index (χ1v) is 10.5. The molecule has 0 heterocycles. The lowest BCUT2D eigenvalue weighted by Crippen LogP contribution is -2.04. The van der Waals surface area contributed by atoms with Gasteiger partial charge in [-0.2, -0.15) is 0 Å². The SMILES string of the molecule is CCCCCCCOc1ccc(CNc2ccccc2OCCCC)cc1. The highest BCUT2D eigenvalue weighted by atomic mass is 16.5. The summed E-state index contributed by atoms with van der Waals surface area (Å²) in [5.41, 5.74) is 2.27. The van der Waals surface area contributed by atoms with Gasteiger partial charge >= 0.3 is 0 Å². The summed E-state index contributed by atoms with van der Waals surface area (Å²) in [6.07, 6.45) is 8.54. The van der Waals surface area contributed by atoms with Crippen molar-refractivity contribution in [3.05, 3.63) is 54.1 Å². The molecule has 0 spiro atoms. The summed E-state index contributed by atoms with van der Waals surface area (Å²) in [6.45, 7) is 6.76. The van der Waals surface area contributed by atoms with Crippen molar-refractivity contribution in [2.75, 3.05) is 18.5 Å². The molecule has 0 amide bonds. The zero-order valence-corrected chi connectivity index (χ0v) is 17.0. The molecule has 2 aromatic carbocycles.